The van der Waals surface area contributed by atoms with Crippen molar-refractivity contribution in [3.05, 3.63) is 60.2 Å². The molecule has 0 saturated carbocycles. The van der Waals surface area contributed by atoms with Gasteiger partial charge in [0.25, 0.3) is 0 Å². The number of hydrogen-bond acceptors (Lipinski definition) is 3. The second kappa shape index (κ2) is 6.59. The third-order valence-electron chi connectivity index (χ3n) is 2.77. The average molecular weight is 254 g/mol. The van der Waals surface area contributed by atoms with E-state index in [0.29, 0.717) is 0 Å². The molecule has 0 fully saturated rings. The van der Waals surface area contributed by atoms with Crippen molar-refractivity contribution in [3.8, 4) is 5.75 Å². The fourth-order valence-corrected chi connectivity index (χ4v) is 1.75. The van der Waals surface area contributed by atoms with E-state index in [9.17, 15) is 0 Å². The van der Waals surface area contributed by atoms with Crippen molar-refractivity contribution in [1.82, 2.24) is 0 Å². The number of rotatable bonds is 5. The maximum Gasteiger partial charge on any atom is 0.118 e. The van der Waals surface area contributed by atoms with Crippen LogP contribution in [0, 0.1) is 0 Å². The van der Waals surface area contributed by atoms with Crippen LogP contribution in [0.2, 0.25) is 0 Å². The Balaban J connectivity index is 1.94. The van der Waals surface area contributed by atoms with Crippen molar-refractivity contribution in [3.63, 3.8) is 0 Å². The summed E-state index contributed by atoms with van der Waals surface area (Å²) in [5.41, 5.74) is 6.30. The predicted octanol–water partition coefficient (Wildman–Crippen LogP) is 3.73. The summed E-state index contributed by atoms with van der Waals surface area (Å²) in [4.78, 5) is 0. The van der Waals surface area contributed by atoms with E-state index >= 15 is 0 Å². The van der Waals surface area contributed by atoms with Crippen LogP contribution in [0.3, 0.4) is 0 Å². The molecule has 0 unspecified atom stereocenters. The van der Waals surface area contributed by atoms with Gasteiger partial charge in [0.2, 0.25) is 0 Å². The van der Waals surface area contributed by atoms with Crippen molar-refractivity contribution in [2.24, 2.45) is 5.10 Å². The van der Waals surface area contributed by atoms with Crippen LogP contribution in [0.4, 0.5) is 5.69 Å². The summed E-state index contributed by atoms with van der Waals surface area (Å²) in [6.45, 7) is 2.01. The highest BCUT2D eigenvalue weighted by atomic mass is 16.5. The molecule has 98 valence electrons. The molecule has 0 radical (unpaired) electrons. The largest absolute Gasteiger partial charge is 0.497 e. The van der Waals surface area contributed by atoms with Gasteiger partial charge in [0.05, 0.1) is 12.8 Å². The van der Waals surface area contributed by atoms with Crippen LogP contribution in [0.25, 0.3) is 0 Å². The van der Waals surface area contributed by atoms with Crippen LogP contribution in [0.1, 0.15) is 12.5 Å². The number of hydrazone groups is 1. The number of para-hydroxylation sites is 1. The van der Waals surface area contributed by atoms with Gasteiger partial charge in [-0.05, 0) is 36.8 Å². The topological polar surface area (TPSA) is 33.6 Å². The molecule has 0 aliphatic carbocycles. The minimum atomic E-state index is 0.823. The number of nitrogens with one attached hydrogen (secondary N) is 1. The van der Waals surface area contributed by atoms with Crippen LogP contribution < -0.4 is 10.2 Å². The summed E-state index contributed by atoms with van der Waals surface area (Å²) in [5, 5.41) is 4.37. The Kier molecular flexibility index (Phi) is 4.56. The van der Waals surface area contributed by atoms with Gasteiger partial charge in [-0.1, -0.05) is 30.3 Å². The van der Waals surface area contributed by atoms with Crippen molar-refractivity contribution in [1.29, 1.82) is 0 Å². The lowest BCUT2D eigenvalue weighted by Crippen LogP contribution is -2.01. The van der Waals surface area contributed by atoms with Crippen LogP contribution >= 0.6 is 0 Å². The molecular weight excluding hydrogens is 236 g/mol. The van der Waals surface area contributed by atoms with Crippen molar-refractivity contribution >= 4 is 11.4 Å². The molecule has 0 atom stereocenters. The van der Waals surface area contributed by atoms with E-state index in [1.54, 1.807) is 7.11 Å². The molecule has 0 heterocycles. The van der Waals surface area contributed by atoms with E-state index in [2.05, 4.69) is 22.7 Å². The molecule has 0 saturated heterocycles. The first-order valence-corrected chi connectivity index (χ1v) is 6.25. The highest BCUT2D eigenvalue weighted by Crippen LogP contribution is 2.12. The molecule has 0 spiro atoms. The Labute approximate surface area is 113 Å². The number of anilines is 1. The third kappa shape index (κ3) is 4.14. The molecule has 3 nitrogen and oxygen atoms in total. The van der Waals surface area contributed by atoms with Gasteiger partial charge in [0.15, 0.2) is 0 Å². The smallest absolute Gasteiger partial charge is 0.118 e. The lowest BCUT2D eigenvalue weighted by atomic mass is 10.1. The van der Waals surface area contributed by atoms with Crippen molar-refractivity contribution in [2.45, 2.75) is 13.3 Å². The first-order chi connectivity index (χ1) is 9.28. The minimum absolute atomic E-state index is 0.823. The van der Waals surface area contributed by atoms with Gasteiger partial charge < -0.3 is 4.74 Å². The molecule has 0 aliphatic heterocycles. The Morgan fingerprint density at radius 2 is 1.74 bits per heavy atom. The quantitative estimate of drug-likeness (QED) is 0.651. The van der Waals surface area contributed by atoms with Gasteiger partial charge in [-0.2, -0.15) is 5.10 Å². The van der Waals surface area contributed by atoms with Crippen molar-refractivity contribution in [2.75, 3.05) is 12.5 Å². The van der Waals surface area contributed by atoms with Crippen LogP contribution in [-0.2, 0) is 6.42 Å². The van der Waals surface area contributed by atoms with Crippen LogP contribution in [-0.4, -0.2) is 12.8 Å². The number of nitrogens with zero attached hydrogens (tertiary/aromatic N) is 1. The number of benzene rings is 2. The van der Waals surface area contributed by atoms with Gasteiger partial charge in [-0.15, -0.1) is 0 Å². The highest BCUT2D eigenvalue weighted by Gasteiger charge is 1.97. The predicted molar refractivity (Wildman–Crippen MR) is 79.9 cm³/mol. The molecule has 2 rings (SSSR count). The lowest BCUT2D eigenvalue weighted by molar-refractivity contribution is 0.414. The van der Waals surface area contributed by atoms with Gasteiger partial charge in [-0.3, -0.25) is 5.43 Å². The maximum atomic E-state index is 5.14. The van der Waals surface area contributed by atoms with E-state index in [0.717, 1.165) is 23.6 Å². The molecule has 0 aliphatic rings. The molecule has 0 amide bonds. The second-order valence-electron chi connectivity index (χ2n) is 4.35. The molecular formula is C16H18N2O. The molecule has 0 bridgehead atoms. The van der Waals surface area contributed by atoms with Gasteiger partial charge in [-0.25, -0.2) is 0 Å². The second-order valence-corrected chi connectivity index (χ2v) is 4.35. The molecule has 0 aromatic heterocycles. The van der Waals surface area contributed by atoms with Gasteiger partial charge in [0.1, 0.15) is 5.75 Å². The highest BCUT2D eigenvalue weighted by molar-refractivity contribution is 5.84. The Hall–Kier alpha value is -2.29. The SMILES string of the molecule is COc1ccc(CC(C)=NNc2ccccc2)cc1. The van der Waals surface area contributed by atoms with E-state index in [1.165, 1.54) is 5.56 Å². The summed E-state index contributed by atoms with van der Waals surface area (Å²) in [7, 11) is 1.67. The molecule has 2 aromatic carbocycles. The van der Waals surface area contributed by atoms with Crippen LogP contribution in [0.15, 0.2) is 59.7 Å². The fourth-order valence-electron chi connectivity index (χ4n) is 1.75. The Morgan fingerprint density at radius 1 is 1.05 bits per heavy atom. The molecule has 2 aromatic rings. The summed E-state index contributed by atoms with van der Waals surface area (Å²) < 4.78 is 5.14. The monoisotopic (exact) mass is 254 g/mol. The summed E-state index contributed by atoms with van der Waals surface area (Å²) in [6, 6.07) is 18.0. The molecule has 1 N–H and O–H groups in total. The van der Waals surface area contributed by atoms with E-state index in [1.807, 2.05) is 49.4 Å². The van der Waals surface area contributed by atoms with E-state index < -0.39 is 0 Å². The minimum Gasteiger partial charge on any atom is -0.497 e. The summed E-state index contributed by atoms with van der Waals surface area (Å²) in [6.07, 6.45) is 0.823. The lowest BCUT2D eigenvalue weighted by Gasteiger charge is -2.05. The third-order valence-corrected chi connectivity index (χ3v) is 2.77. The first-order valence-electron chi connectivity index (χ1n) is 6.25. The zero-order chi connectivity index (χ0) is 13.5. The molecule has 3 heteroatoms. The number of methoxy groups -OCH3 is 1. The Morgan fingerprint density at radius 3 is 2.37 bits per heavy atom. The number of hydrogen-bond donors (Lipinski definition) is 1. The molecule has 19 heavy (non-hydrogen) atoms. The number of ether oxygens (including phenoxy) is 1. The summed E-state index contributed by atoms with van der Waals surface area (Å²) >= 11 is 0. The van der Waals surface area contributed by atoms with Gasteiger partial charge >= 0.3 is 0 Å². The fraction of sp³-hybridized carbons (Fsp3) is 0.188. The zero-order valence-corrected chi connectivity index (χ0v) is 11.3. The Bertz CT molecular complexity index is 532. The first kappa shape index (κ1) is 13.1. The summed E-state index contributed by atoms with van der Waals surface area (Å²) in [5.74, 6) is 0.876. The maximum absolute atomic E-state index is 5.14. The normalized spacial score (nSPS) is 11.2. The van der Waals surface area contributed by atoms with Gasteiger partial charge in [0, 0.05) is 12.1 Å². The van der Waals surface area contributed by atoms with Crippen molar-refractivity contribution < 1.29 is 4.74 Å². The standard InChI is InChI=1S/C16H18N2O/c1-13(17-18-15-6-4-3-5-7-15)12-14-8-10-16(19-2)11-9-14/h3-11,18H,12H2,1-2H3. The van der Waals surface area contributed by atoms with E-state index in [4.69, 9.17) is 4.74 Å². The van der Waals surface area contributed by atoms with Crippen LogP contribution in [0.5, 0.6) is 5.75 Å². The van der Waals surface area contributed by atoms with E-state index in [-0.39, 0.29) is 0 Å². The average Bonchev–Trinajstić information content (AvgIpc) is 2.47. The zero-order valence-electron chi connectivity index (χ0n) is 11.3.